The number of hydrogen-bond donors (Lipinski definition) is 1. The topological polar surface area (TPSA) is 60.5 Å². The highest BCUT2D eigenvalue weighted by Crippen LogP contribution is 2.37. The molecule has 1 aliphatic rings. The van der Waals surface area contributed by atoms with Crippen molar-refractivity contribution in [1.29, 1.82) is 0 Å². The number of anilines is 1. The highest BCUT2D eigenvalue weighted by molar-refractivity contribution is 5.99. The van der Waals surface area contributed by atoms with Crippen molar-refractivity contribution >= 4 is 17.2 Å². The van der Waals surface area contributed by atoms with Crippen LogP contribution in [0, 0.1) is 11.6 Å². The summed E-state index contributed by atoms with van der Waals surface area (Å²) in [5, 5.41) is 2.73. The average Bonchev–Trinajstić information content (AvgIpc) is 3.24. The van der Waals surface area contributed by atoms with Crippen molar-refractivity contribution < 1.29 is 23.0 Å². The number of ether oxygens (including phenoxy) is 2. The Labute approximate surface area is 190 Å². The van der Waals surface area contributed by atoms with Crippen molar-refractivity contribution in [3.63, 3.8) is 0 Å². The molecule has 0 radical (unpaired) electrons. The maximum Gasteiger partial charge on any atom is 0.247 e. The van der Waals surface area contributed by atoms with E-state index in [1.54, 1.807) is 6.07 Å². The van der Waals surface area contributed by atoms with Crippen molar-refractivity contribution in [1.82, 2.24) is 4.98 Å². The summed E-state index contributed by atoms with van der Waals surface area (Å²) in [6.45, 7) is 3.45. The van der Waals surface area contributed by atoms with Gasteiger partial charge in [-0.1, -0.05) is 30.9 Å². The van der Waals surface area contributed by atoms with Gasteiger partial charge in [0.2, 0.25) is 5.91 Å². The van der Waals surface area contributed by atoms with Crippen molar-refractivity contribution in [2.45, 2.75) is 12.8 Å². The fourth-order valence-electron chi connectivity index (χ4n) is 3.84. The summed E-state index contributed by atoms with van der Waals surface area (Å²) in [5.41, 5.74) is 4.54. The molecule has 3 aromatic rings. The molecule has 168 valence electrons. The third-order valence-corrected chi connectivity index (χ3v) is 5.51. The Morgan fingerprint density at radius 1 is 1.12 bits per heavy atom. The molecule has 0 unspecified atom stereocenters. The average molecular weight is 448 g/mol. The highest BCUT2D eigenvalue weighted by atomic mass is 19.1. The zero-order valence-electron chi connectivity index (χ0n) is 18.2. The molecule has 4 rings (SSSR count). The van der Waals surface area contributed by atoms with Gasteiger partial charge < -0.3 is 14.8 Å². The van der Waals surface area contributed by atoms with Crippen LogP contribution in [0.15, 0.2) is 61.2 Å². The van der Waals surface area contributed by atoms with Gasteiger partial charge >= 0.3 is 0 Å². The number of carbonyl (C=O) groups excluding carboxylic acids is 1. The highest BCUT2D eigenvalue weighted by Gasteiger charge is 2.24. The van der Waals surface area contributed by atoms with Gasteiger partial charge in [0.1, 0.15) is 0 Å². The second kappa shape index (κ2) is 9.24. The first-order valence-corrected chi connectivity index (χ1v) is 10.3. The molecular weight excluding hydrogens is 426 g/mol. The SMILES string of the molecule is C=CC(=O)Nc1cccc(-c2ccc3c(n2)CC=C3Cc2c(F)c(OC)cc(OC)c2F)c1. The molecule has 7 heteroatoms. The smallest absolute Gasteiger partial charge is 0.247 e. The molecule has 0 spiro atoms. The van der Waals surface area contributed by atoms with Crippen LogP contribution in [0.4, 0.5) is 14.5 Å². The monoisotopic (exact) mass is 448 g/mol. The Kier molecular flexibility index (Phi) is 6.22. The molecule has 0 saturated carbocycles. The summed E-state index contributed by atoms with van der Waals surface area (Å²) in [6, 6.07) is 12.3. The minimum Gasteiger partial charge on any atom is -0.494 e. The van der Waals surface area contributed by atoms with Crippen molar-refractivity contribution in [2.24, 2.45) is 0 Å². The molecule has 1 N–H and O–H groups in total. The number of aromatic nitrogens is 1. The van der Waals surface area contributed by atoms with Crippen LogP contribution in [-0.2, 0) is 17.6 Å². The number of nitrogens with one attached hydrogen (secondary N) is 1. The van der Waals surface area contributed by atoms with Crippen LogP contribution in [0.2, 0.25) is 0 Å². The summed E-state index contributed by atoms with van der Waals surface area (Å²) in [7, 11) is 2.65. The van der Waals surface area contributed by atoms with E-state index in [1.807, 2.05) is 36.4 Å². The van der Waals surface area contributed by atoms with Crippen molar-refractivity contribution in [3.05, 3.63) is 89.7 Å². The van der Waals surface area contributed by atoms with Crippen molar-refractivity contribution in [3.8, 4) is 22.8 Å². The minimum atomic E-state index is -0.742. The van der Waals surface area contributed by atoms with Gasteiger partial charge in [0.05, 0.1) is 25.6 Å². The van der Waals surface area contributed by atoms with E-state index < -0.39 is 11.6 Å². The molecule has 1 heterocycles. The lowest BCUT2D eigenvalue weighted by molar-refractivity contribution is -0.111. The summed E-state index contributed by atoms with van der Waals surface area (Å²) in [6.07, 6.45) is 3.72. The van der Waals surface area contributed by atoms with Gasteiger partial charge in [-0.05, 0) is 35.4 Å². The Morgan fingerprint density at radius 2 is 1.85 bits per heavy atom. The Bertz CT molecular complexity index is 1260. The lowest BCUT2D eigenvalue weighted by Crippen LogP contribution is -2.07. The zero-order chi connectivity index (χ0) is 23.5. The summed E-state index contributed by atoms with van der Waals surface area (Å²) >= 11 is 0. The predicted molar refractivity (Wildman–Crippen MR) is 123 cm³/mol. The number of halogens is 2. The fraction of sp³-hybridized carbons (Fsp3) is 0.154. The number of allylic oxidation sites excluding steroid dienone is 2. The number of amides is 1. The molecule has 1 amide bonds. The van der Waals surface area contributed by atoms with Crippen LogP contribution in [-0.4, -0.2) is 25.1 Å². The van der Waals surface area contributed by atoms with Gasteiger partial charge in [-0.3, -0.25) is 9.78 Å². The molecule has 1 aliphatic carbocycles. The molecule has 0 bridgehead atoms. The third kappa shape index (κ3) is 4.35. The standard InChI is InChI=1S/C26H22F2N2O3/c1-4-24(31)29-17-7-5-6-16(12-17)20-11-9-18-15(8-10-21(18)30-20)13-19-25(27)22(32-2)14-23(33-3)26(19)28/h4-9,11-12,14H,1,10,13H2,2-3H3,(H,29,31). The maximum atomic E-state index is 14.8. The van der Waals surface area contributed by atoms with E-state index in [0.29, 0.717) is 12.1 Å². The van der Waals surface area contributed by atoms with E-state index in [1.165, 1.54) is 26.4 Å². The van der Waals surface area contributed by atoms with E-state index in [-0.39, 0.29) is 29.4 Å². The molecule has 1 aromatic heterocycles. The quantitative estimate of drug-likeness (QED) is 0.495. The number of hydrogen-bond acceptors (Lipinski definition) is 4. The zero-order valence-corrected chi connectivity index (χ0v) is 18.2. The number of carbonyl (C=O) groups is 1. The Balaban J connectivity index is 1.62. The first kappa shape index (κ1) is 22.2. The Morgan fingerprint density at radius 3 is 2.52 bits per heavy atom. The van der Waals surface area contributed by atoms with Gasteiger partial charge in [-0.25, -0.2) is 8.78 Å². The molecule has 0 atom stereocenters. The fourth-order valence-corrected chi connectivity index (χ4v) is 3.84. The van der Waals surface area contributed by atoms with Crippen LogP contribution in [0.3, 0.4) is 0 Å². The molecular formula is C26H22F2N2O3. The number of fused-ring (bicyclic) bond motifs is 1. The maximum absolute atomic E-state index is 14.8. The second-order valence-corrected chi connectivity index (χ2v) is 7.46. The van der Waals surface area contributed by atoms with Crippen LogP contribution in [0.25, 0.3) is 16.8 Å². The van der Waals surface area contributed by atoms with Gasteiger partial charge in [-0.2, -0.15) is 0 Å². The number of benzene rings is 2. The van der Waals surface area contributed by atoms with Crippen LogP contribution in [0.1, 0.15) is 16.8 Å². The van der Waals surface area contributed by atoms with Crippen LogP contribution in [0.5, 0.6) is 11.5 Å². The van der Waals surface area contributed by atoms with Crippen molar-refractivity contribution in [2.75, 3.05) is 19.5 Å². The molecule has 2 aromatic carbocycles. The lowest BCUT2D eigenvalue weighted by Gasteiger charge is -2.14. The molecule has 0 saturated heterocycles. The second-order valence-electron chi connectivity index (χ2n) is 7.46. The first-order valence-electron chi connectivity index (χ1n) is 10.3. The normalized spacial score (nSPS) is 12.1. The summed E-state index contributed by atoms with van der Waals surface area (Å²) < 4.78 is 39.7. The van der Waals surface area contributed by atoms with E-state index in [9.17, 15) is 13.6 Å². The molecule has 0 fully saturated rings. The number of methoxy groups -OCH3 is 2. The first-order chi connectivity index (χ1) is 15.9. The Hall–Kier alpha value is -4.00. The third-order valence-electron chi connectivity index (χ3n) is 5.51. The number of rotatable bonds is 7. The minimum absolute atomic E-state index is 0.0440. The van der Waals surface area contributed by atoms with E-state index in [0.717, 1.165) is 28.1 Å². The van der Waals surface area contributed by atoms with E-state index >= 15 is 0 Å². The molecule has 0 aliphatic heterocycles. The van der Waals surface area contributed by atoms with E-state index in [2.05, 4.69) is 11.9 Å². The number of nitrogens with zero attached hydrogens (tertiary/aromatic N) is 1. The summed E-state index contributed by atoms with van der Waals surface area (Å²) in [4.78, 5) is 16.3. The molecule has 5 nitrogen and oxygen atoms in total. The molecule has 33 heavy (non-hydrogen) atoms. The predicted octanol–water partition coefficient (Wildman–Crippen LogP) is 5.35. The van der Waals surface area contributed by atoms with Gasteiger partial charge in [-0.15, -0.1) is 0 Å². The number of pyridine rings is 1. The van der Waals surface area contributed by atoms with Crippen LogP contribution >= 0.6 is 0 Å². The van der Waals surface area contributed by atoms with Gasteiger partial charge in [0, 0.05) is 35.7 Å². The largest absolute Gasteiger partial charge is 0.494 e. The summed E-state index contributed by atoms with van der Waals surface area (Å²) in [5.74, 6) is -1.92. The van der Waals surface area contributed by atoms with Gasteiger partial charge in [0.25, 0.3) is 0 Å². The lowest BCUT2D eigenvalue weighted by atomic mass is 9.98. The van der Waals surface area contributed by atoms with E-state index in [4.69, 9.17) is 14.5 Å². The van der Waals surface area contributed by atoms with Crippen LogP contribution < -0.4 is 14.8 Å². The van der Waals surface area contributed by atoms with Gasteiger partial charge in [0.15, 0.2) is 23.1 Å².